The summed E-state index contributed by atoms with van der Waals surface area (Å²) in [7, 11) is 0. The molecule has 134 valence electrons. The lowest BCUT2D eigenvalue weighted by Gasteiger charge is -2.14. The van der Waals surface area contributed by atoms with Gasteiger partial charge in [0.05, 0.1) is 17.6 Å². The van der Waals surface area contributed by atoms with E-state index in [4.69, 9.17) is 13.9 Å². The summed E-state index contributed by atoms with van der Waals surface area (Å²) in [5.74, 6) is 0.530. The number of benzene rings is 2. The highest BCUT2D eigenvalue weighted by atomic mass is 16.6. The van der Waals surface area contributed by atoms with Crippen molar-refractivity contribution < 1.29 is 18.7 Å². The van der Waals surface area contributed by atoms with Gasteiger partial charge in [-0.1, -0.05) is 30.3 Å². The number of carbonyl (C=O) groups is 1. The van der Waals surface area contributed by atoms with E-state index in [-0.39, 0.29) is 5.43 Å². The average Bonchev–Trinajstić information content (AvgIpc) is 2.62. The Morgan fingerprint density at radius 3 is 2.58 bits per heavy atom. The highest BCUT2D eigenvalue weighted by Gasteiger charge is 2.17. The number of fused-ring (bicyclic) bond motifs is 1. The van der Waals surface area contributed by atoms with Gasteiger partial charge in [-0.05, 0) is 38.5 Å². The Bertz CT molecular complexity index is 988. The second kappa shape index (κ2) is 7.44. The third-order valence-electron chi connectivity index (χ3n) is 4.03. The van der Waals surface area contributed by atoms with Gasteiger partial charge in [-0.2, -0.15) is 0 Å². The second-order valence-electron chi connectivity index (χ2n) is 5.90. The molecule has 0 spiro atoms. The predicted molar refractivity (Wildman–Crippen MR) is 99.4 cm³/mol. The molecular formula is C21H20O5. The molecule has 1 atom stereocenters. The number of rotatable bonds is 5. The summed E-state index contributed by atoms with van der Waals surface area (Å²) < 4.78 is 16.4. The minimum Gasteiger partial charge on any atom is -0.479 e. The van der Waals surface area contributed by atoms with Crippen LogP contribution in [0.1, 0.15) is 19.6 Å². The van der Waals surface area contributed by atoms with Crippen LogP contribution >= 0.6 is 0 Å². The Morgan fingerprint density at radius 2 is 1.88 bits per heavy atom. The molecule has 1 aromatic heterocycles. The number of hydrogen-bond donors (Lipinski definition) is 0. The first-order valence-electron chi connectivity index (χ1n) is 8.47. The fraction of sp³-hybridized carbons (Fsp3) is 0.238. The van der Waals surface area contributed by atoms with E-state index in [2.05, 4.69) is 0 Å². The van der Waals surface area contributed by atoms with E-state index in [1.54, 1.807) is 39.0 Å². The van der Waals surface area contributed by atoms with E-state index in [9.17, 15) is 9.59 Å². The molecule has 3 rings (SSSR count). The van der Waals surface area contributed by atoms with Crippen LogP contribution in [0.5, 0.6) is 5.75 Å². The number of ether oxygens (including phenoxy) is 2. The minimum absolute atomic E-state index is 0.0973. The van der Waals surface area contributed by atoms with E-state index in [0.717, 1.165) is 5.56 Å². The molecular weight excluding hydrogens is 332 g/mol. The fourth-order valence-corrected chi connectivity index (χ4v) is 2.81. The van der Waals surface area contributed by atoms with Gasteiger partial charge in [0, 0.05) is 6.07 Å². The van der Waals surface area contributed by atoms with Crippen molar-refractivity contribution in [2.75, 3.05) is 6.61 Å². The van der Waals surface area contributed by atoms with Crippen molar-refractivity contribution in [3.05, 3.63) is 64.5 Å². The van der Waals surface area contributed by atoms with Crippen LogP contribution in [0.25, 0.3) is 22.1 Å². The van der Waals surface area contributed by atoms with Crippen molar-refractivity contribution in [3.8, 4) is 16.9 Å². The molecule has 2 aromatic carbocycles. The molecule has 5 nitrogen and oxygen atoms in total. The molecule has 0 fully saturated rings. The van der Waals surface area contributed by atoms with Gasteiger partial charge in [-0.3, -0.25) is 4.79 Å². The van der Waals surface area contributed by atoms with Crippen molar-refractivity contribution in [1.82, 2.24) is 0 Å². The first-order valence-corrected chi connectivity index (χ1v) is 8.47. The molecule has 0 aliphatic heterocycles. The van der Waals surface area contributed by atoms with Gasteiger partial charge >= 0.3 is 5.97 Å². The maximum atomic E-state index is 12.9. The van der Waals surface area contributed by atoms with Crippen LogP contribution in [-0.2, 0) is 9.53 Å². The smallest absolute Gasteiger partial charge is 0.347 e. The van der Waals surface area contributed by atoms with Crippen LogP contribution in [-0.4, -0.2) is 18.7 Å². The zero-order chi connectivity index (χ0) is 18.7. The van der Waals surface area contributed by atoms with Gasteiger partial charge in [0.2, 0.25) is 5.43 Å². The Hall–Kier alpha value is -3.08. The van der Waals surface area contributed by atoms with Crippen LogP contribution < -0.4 is 10.2 Å². The van der Waals surface area contributed by atoms with Crippen molar-refractivity contribution in [3.63, 3.8) is 0 Å². The maximum absolute atomic E-state index is 12.9. The van der Waals surface area contributed by atoms with E-state index in [1.807, 2.05) is 30.3 Å². The molecule has 0 radical (unpaired) electrons. The molecule has 0 bridgehead atoms. The molecule has 0 saturated heterocycles. The van der Waals surface area contributed by atoms with Gasteiger partial charge in [-0.25, -0.2) is 4.79 Å². The molecule has 26 heavy (non-hydrogen) atoms. The molecule has 1 heterocycles. The highest BCUT2D eigenvalue weighted by molar-refractivity contribution is 5.84. The second-order valence-corrected chi connectivity index (χ2v) is 5.90. The van der Waals surface area contributed by atoms with E-state index in [0.29, 0.717) is 34.6 Å². The van der Waals surface area contributed by atoms with Gasteiger partial charge in [0.1, 0.15) is 17.1 Å². The van der Waals surface area contributed by atoms with E-state index < -0.39 is 12.1 Å². The Balaban J connectivity index is 2.00. The monoisotopic (exact) mass is 352 g/mol. The summed E-state index contributed by atoms with van der Waals surface area (Å²) in [4.78, 5) is 24.6. The number of carbonyl (C=O) groups excluding carboxylic acids is 1. The topological polar surface area (TPSA) is 65.7 Å². The van der Waals surface area contributed by atoms with Gasteiger partial charge in [0.25, 0.3) is 0 Å². The van der Waals surface area contributed by atoms with E-state index in [1.165, 1.54) is 0 Å². The van der Waals surface area contributed by atoms with Gasteiger partial charge in [-0.15, -0.1) is 0 Å². The minimum atomic E-state index is -0.746. The number of esters is 1. The number of aryl methyl sites for hydroxylation is 1. The molecule has 0 aliphatic rings. The summed E-state index contributed by atoms with van der Waals surface area (Å²) in [6.45, 7) is 5.41. The molecule has 0 saturated carbocycles. The lowest BCUT2D eigenvalue weighted by molar-refractivity contribution is -0.150. The molecule has 1 unspecified atom stereocenters. The van der Waals surface area contributed by atoms with Gasteiger partial charge < -0.3 is 13.9 Å². The predicted octanol–water partition coefficient (Wildman–Crippen LogP) is 4.10. The summed E-state index contributed by atoms with van der Waals surface area (Å²) in [5, 5.41) is 0.464. The molecule has 0 aliphatic carbocycles. The zero-order valence-electron chi connectivity index (χ0n) is 14.9. The average molecular weight is 352 g/mol. The van der Waals surface area contributed by atoms with Crippen molar-refractivity contribution in [2.45, 2.75) is 26.9 Å². The Labute approximate surface area is 151 Å². The van der Waals surface area contributed by atoms with Crippen LogP contribution in [0, 0.1) is 6.92 Å². The first-order chi connectivity index (χ1) is 12.5. The SMILES string of the molecule is CCOC(=O)C(C)Oc1ccc2c(=O)c(-c3ccccc3)c(C)oc2c1. The van der Waals surface area contributed by atoms with Crippen molar-refractivity contribution in [1.29, 1.82) is 0 Å². The first kappa shape index (κ1) is 17.7. The lowest BCUT2D eigenvalue weighted by atomic mass is 10.0. The fourth-order valence-electron chi connectivity index (χ4n) is 2.81. The van der Waals surface area contributed by atoms with Gasteiger partial charge in [0.15, 0.2) is 6.10 Å². The highest BCUT2D eigenvalue weighted by Crippen LogP contribution is 2.26. The Kier molecular flexibility index (Phi) is 5.07. The summed E-state index contributed by atoms with van der Waals surface area (Å²) in [6, 6.07) is 14.3. The molecule has 0 N–H and O–H groups in total. The van der Waals surface area contributed by atoms with Crippen LogP contribution in [0.15, 0.2) is 57.7 Å². The summed E-state index contributed by atoms with van der Waals surface area (Å²) in [5.41, 5.74) is 1.68. The molecule has 3 aromatic rings. The van der Waals surface area contributed by atoms with Crippen LogP contribution in [0.2, 0.25) is 0 Å². The standard InChI is InChI=1S/C21H20O5/c1-4-24-21(23)14(3)25-16-10-11-17-18(12-16)26-13(2)19(20(17)22)15-8-6-5-7-9-15/h5-12,14H,4H2,1-3H3. The summed E-state index contributed by atoms with van der Waals surface area (Å²) >= 11 is 0. The number of hydrogen-bond acceptors (Lipinski definition) is 5. The lowest BCUT2D eigenvalue weighted by Crippen LogP contribution is -2.26. The third-order valence-corrected chi connectivity index (χ3v) is 4.03. The largest absolute Gasteiger partial charge is 0.479 e. The Morgan fingerprint density at radius 1 is 1.15 bits per heavy atom. The zero-order valence-corrected chi connectivity index (χ0v) is 14.9. The maximum Gasteiger partial charge on any atom is 0.347 e. The van der Waals surface area contributed by atoms with Crippen molar-refractivity contribution in [2.24, 2.45) is 0 Å². The van der Waals surface area contributed by atoms with Crippen LogP contribution in [0.4, 0.5) is 0 Å². The van der Waals surface area contributed by atoms with Crippen LogP contribution in [0.3, 0.4) is 0 Å². The van der Waals surface area contributed by atoms with E-state index >= 15 is 0 Å². The normalized spacial score (nSPS) is 12.0. The molecule has 5 heteroatoms. The third kappa shape index (κ3) is 3.47. The quantitative estimate of drug-likeness (QED) is 0.647. The van der Waals surface area contributed by atoms with Crippen molar-refractivity contribution >= 4 is 16.9 Å². The molecule has 0 amide bonds. The summed E-state index contributed by atoms with van der Waals surface area (Å²) in [6.07, 6.45) is -0.746.